The molecular weight excluding hydrogens is 280 g/mol. The predicted octanol–water partition coefficient (Wildman–Crippen LogP) is 1.31. The van der Waals surface area contributed by atoms with E-state index >= 15 is 0 Å². The van der Waals surface area contributed by atoms with Crippen LogP contribution in [0, 0.1) is 24.2 Å². The molecule has 6 nitrogen and oxygen atoms in total. The van der Waals surface area contributed by atoms with Crippen molar-refractivity contribution in [1.29, 1.82) is 5.26 Å². The average molecular weight is 300 g/mol. The quantitative estimate of drug-likeness (QED) is 0.736. The van der Waals surface area contributed by atoms with Crippen LogP contribution in [-0.4, -0.2) is 23.9 Å². The van der Waals surface area contributed by atoms with Gasteiger partial charge in [0.1, 0.15) is 5.54 Å². The van der Waals surface area contributed by atoms with Crippen LogP contribution in [0.1, 0.15) is 35.7 Å². The second-order valence-corrected chi connectivity index (χ2v) is 5.83. The lowest BCUT2D eigenvalue weighted by atomic mass is 9.98. The largest absolute Gasteiger partial charge is 0.376 e. The van der Waals surface area contributed by atoms with Crippen molar-refractivity contribution in [3.8, 4) is 6.07 Å². The maximum absolute atomic E-state index is 12.0. The van der Waals surface area contributed by atoms with Crippen LogP contribution in [-0.2, 0) is 4.79 Å². The maximum atomic E-state index is 12.0. The van der Waals surface area contributed by atoms with Gasteiger partial charge in [0, 0.05) is 11.3 Å². The first-order chi connectivity index (χ1) is 10.4. The molecule has 1 aliphatic rings. The number of nitrogens with zero attached hydrogens (tertiary/aromatic N) is 1. The number of amides is 2. The van der Waals surface area contributed by atoms with Crippen LogP contribution >= 0.6 is 0 Å². The van der Waals surface area contributed by atoms with Gasteiger partial charge in [-0.3, -0.25) is 9.59 Å². The summed E-state index contributed by atoms with van der Waals surface area (Å²) in [5.41, 5.74) is 6.30. The minimum absolute atomic E-state index is 0.0348. The summed E-state index contributed by atoms with van der Waals surface area (Å²) in [4.78, 5) is 23.3. The Balaban J connectivity index is 1.98. The molecular formula is C16H20N4O2. The average Bonchev–Trinajstić information content (AvgIpc) is 3.30. The van der Waals surface area contributed by atoms with Crippen molar-refractivity contribution < 1.29 is 9.59 Å². The molecule has 1 aliphatic carbocycles. The van der Waals surface area contributed by atoms with E-state index < -0.39 is 11.4 Å². The van der Waals surface area contributed by atoms with Gasteiger partial charge in [0.2, 0.25) is 11.8 Å². The third-order valence-corrected chi connectivity index (χ3v) is 4.06. The van der Waals surface area contributed by atoms with Gasteiger partial charge in [-0.15, -0.1) is 0 Å². The Kier molecular flexibility index (Phi) is 4.36. The van der Waals surface area contributed by atoms with Gasteiger partial charge < -0.3 is 16.4 Å². The standard InChI is InChI=1S/C16H20N4O2/c1-10-12(15(18)22)4-3-5-13(10)19-8-14(21)20-16(2,9-17)11-6-7-11/h3-5,11,19H,6-8H2,1-2H3,(H2,18,22)(H,20,21)/t16-/m1/s1. The van der Waals surface area contributed by atoms with E-state index in [1.807, 2.05) is 0 Å². The van der Waals surface area contributed by atoms with E-state index in [2.05, 4.69) is 16.7 Å². The minimum Gasteiger partial charge on any atom is -0.376 e. The zero-order valence-electron chi connectivity index (χ0n) is 12.8. The van der Waals surface area contributed by atoms with E-state index in [1.54, 1.807) is 32.0 Å². The van der Waals surface area contributed by atoms with Crippen molar-refractivity contribution in [1.82, 2.24) is 5.32 Å². The van der Waals surface area contributed by atoms with Crippen LogP contribution in [0.15, 0.2) is 18.2 Å². The first kappa shape index (κ1) is 15.8. The Bertz CT molecular complexity index is 646. The first-order valence-corrected chi connectivity index (χ1v) is 7.23. The normalized spacial score (nSPS) is 16.2. The Morgan fingerprint density at radius 3 is 2.68 bits per heavy atom. The lowest BCUT2D eigenvalue weighted by molar-refractivity contribution is -0.120. The smallest absolute Gasteiger partial charge is 0.249 e. The van der Waals surface area contributed by atoms with Crippen molar-refractivity contribution in [3.05, 3.63) is 29.3 Å². The predicted molar refractivity (Wildman–Crippen MR) is 83.1 cm³/mol. The maximum Gasteiger partial charge on any atom is 0.249 e. The highest BCUT2D eigenvalue weighted by atomic mass is 16.2. The molecule has 1 atom stereocenters. The van der Waals surface area contributed by atoms with E-state index in [1.165, 1.54) is 0 Å². The third-order valence-electron chi connectivity index (χ3n) is 4.06. The van der Waals surface area contributed by atoms with E-state index in [9.17, 15) is 14.9 Å². The van der Waals surface area contributed by atoms with Gasteiger partial charge in [-0.1, -0.05) is 6.07 Å². The molecule has 0 aromatic heterocycles. The van der Waals surface area contributed by atoms with Crippen LogP contribution in [0.5, 0.6) is 0 Å². The van der Waals surface area contributed by atoms with Gasteiger partial charge in [-0.2, -0.15) is 5.26 Å². The topological polar surface area (TPSA) is 108 Å². The van der Waals surface area contributed by atoms with E-state index in [-0.39, 0.29) is 18.4 Å². The molecule has 1 aromatic carbocycles. The lowest BCUT2D eigenvalue weighted by Gasteiger charge is -2.23. The zero-order chi connectivity index (χ0) is 16.3. The molecule has 22 heavy (non-hydrogen) atoms. The monoisotopic (exact) mass is 300 g/mol. The summed E-state index contributed by atoms with van der Waals surface area (Å²) in [6.45, 7) is 3.55. The lowest BCUT2D eigenvalue weighted by Crippen LogP contribution is -2.48. The van der Waals surface area contributed by atoms with Crippen molar-refractivity contribution in [2.45, 2.75) is 32.2 Å². The van der Waals surface area contributed by atoms with Crippen molar-refractivity contribution in [3.63, 3.8) is 0 Å². The summed E-state index contributed by atoms with van der Waals surface area (Å²) in [7, 11) is 0. The molecule has 0 saturated heterocycles. The first-order valence-electron chi connectivity index (χ1n) is 7.23. The van der Waals surface area contributed by atoms with Gasteiger partial charge >= 0.3 is 0 Å². The number of rotatable bonds is 6. The summed E-state index contributed by atoms with van der Waals surface area (Å²) in [6.07, 6.45) is 1.94. The second-order valence-electron chi connectivity index (χ2n) is 5.83. The molecule has 0 unspecified atom stereocenters. The Labute approximate surface area is 129 Å². The number of carbonyl (C=O) groups excluding carboxylic acids is 2. The van der Waals surface area contributed by atoms with Crippen molar-refractivity contribution >= 4 is 17.5 Å². The van der Waals surface area contributed by atoms with Crippen molar-refractivity contribution in [2.24, 2.45) is 11.7 Å². The van der Waals surface area contributed by atoms with Crippen LogP contribution in [0.4, 0.5) is 5.69 Å². The van der Waals surface area contributed by atoms with Crippen LogP contribution in [0.25, 0.3) is 0 Å². The summed E-state index contributed by atoms with van der Waals surface area (Å²) < 4.78 is 0. The van der Waals surface area contributed by atoms with Crippen LogP contribution in [0.3, 0.4) is 0 Å². The molecule has 0 aliphatic heterocycles. The summed E-state index contributed by atoms with van der Waals surface area (Å²) in [5.74, 6) is -0.516. The van der Waals surface area contributed by atoms with Crippen LogP contribution < -0.4 is 16.4 Å². The highest BCUT2D eigenvalue weighted by molar-refractivity contribution is 5.96. The molecule has 0 radical (unpaired) electrons. The number of hydrogen-bond donors (Lipinski definition) is 3. The number of nitrogens with two attached hydrogens (primary N) is 1. The van der Waals surface area contributed by atoms with Gasteiger partial charge in [-0.05, 0) is 50.3 Å². The molecule has 6 heteroatoms. The summed E-state index contributed by atoms with van der Waals surface area (Å²) in [5, 5.41) is 15.0. The molecule has 4 N–H and O–H groups in total. The van der Waals surface area contributed by atoms with Crippen molar-refractivity contribution in [2.75, 3.05) is 11.9 Å². The molecule has 1 aromatic rings. The Morgan fingerprint density at radius 2 is 2.14 bits per heavy atom. The number of benzene rings is 1. The summed E-state index contributed by atoms with van der Waals surface area (Å²) >= 11 is 0. The molecule has 0 bridgehead atoms. The SMILES string of the molecule is Cc1c(NCC(=O)N[C@](C)(C#N)C2CC2)cccc1C(N)=O. The number of carbonyl (C=O) groups is 2. The van der Waals surface area contributed by atoms with E-state index in [0.717, 1.165) is 12.8 Å². The van der Waals surface area contributed by atoms with Gasteiger partial charge in [0.05, 0.1) is 12.6 Å². The molecule has 2 amide bonds. The zero-order valence-corrected chi connectivity index (χ0v) is 12.8. The highest BCUT2D eigenvalue weighted by Gasteiger charge is 2.42. The highest BCUT2D eigenvalue weighted by Crippen LogP contribution is 2.39. The molecule has 1 saturated carbocycles. The Hall–Kier alpha value is -2.55. The van der Waals surface area contributed by atoms with Gasteiger partial charge in [0.15, 0.2) is 0 Å². The van der Waals surface area contributed by atoms with Crippen LogP contribution in [0.2, 0.25) is 0 Å². The van der Waals surface area contributed by atoms with Gasteiger partial charge in [0.25, 0.3) is 0 Å². The van der Waals surface area contributed by atoms with E-state index in [4.69, 9.17) is 5.73 Å². The Morgan fingerprint density at radius 1 is 1.45 bits per heavy atom. The molecule has 1 fully saturated rings. The minimum atomic E-state index is -0.803. The molecule has 0 heterocycles. The summed E-state index contributed by atoms with van der Waals surface area (Å²) in [6, 6.07) is 7.31. The number of anilines is 1. The second kappa shape index (κ2) is 6.06. The number of hydrogen-bond acceptors (Lipinski definition) is 4. The fourth-order valence-corrected chi connectivity index (χ4v) is 2.49. The number of nitriles is 1. The molecule has 0 spiro atoms. The number of primary amides is 1. The fraction of sp³-hybridized carbons (Fsp3) is 0.438. The van der Waals surface area contributed by atoms with Gasteiger partial charge in [-0.25, -0.2) is 0 Å². The molecule has 116 valence electrons. The number of nitrogens with one attached hydrogen (secondary N) is 2. The molecule has 2 rings (SSSR count). The van der Waals surface area contributed by atoms with E-state index in [0.29, 0.717) is 16.8 Å². The third kappa shape index (κ3) is 3.37. The fourth-order valence-electron chi connectivity index (χ4n) is 2.49.